The Bertz CT molecular complexity index is 442. The van der Waals surface area contributed by atoms with Gasteiger partial charge in [0.1, 0.15) is 0 Å². The van der Waals surface area contributed by atoms with Crippen molar-refractivity contribution in [3.63, 3.8) is 0 Å². The summed E-state index contributed by atoms with van der Waals surface area (Å²) in [6, 6.07) is 8.49. The van der Waals surface area contributed by atoms with E-state index in [1.165, 1.54) is 11.1 Å². The molecule has 2 rings (SSSR count). The van der Waals surface area contributed by atoms with Crippen LogP contribution in [0.5, 0.6) is 0 Å². The van der Waals surface area contributed by atoms with Crippen LogP contribution in [0.2, 0.25) is 0 Å². The summed E-state index contributed by atoms with van der Waals surface area (Å²) in [5.74, 6) is -0.335. The van der Waals surface area contributed by atoms with Crippen LogP contribution in [0.25, 0.3) is 0 Å². The molecule has 1 aliphatic rings. The first-order chi connectivity index (χ1) is 9.08. The second kappa shape index (κ2) is 6.20. The van der Waals surface area contributed by atoms with E-state index in [1.54, 1.807) is 0 Å². The molecule has 0 aliphatic carbocycles. The lowest BCUT2D eigenvalue weighted by Gasteiger charge is -2.31. The van der Waals surface area contributed by atoms with Gasteiger partial charge in [-0.1, -0.05) is 38.1 Å². The summed E-state index contributed by atoms with van der Waals surface area (Å²) < 4.78 is 0. The van der Waals surface area contributed by atoms with Gasteiger partial charge in [-0.15, -0.1) is 0 Å². The highest BCUT2D eigenvalue weighted by Gasteiger charge is 2.25. The molecule has 3 heteroatoms. The van der Waals surface area contributed by atoms with E-state index >= 15 is 0 Å². The minimum atomic E-state index is -0.651. The van der Waals surface area contributed by atoms with Crippen LogP contribution in [0.3, 0.4) is 0 Å². The molecular formula is C16H23NO2. The van der Waals surface area contributed by atoms with E-state index in [0.29, 0.717) is 12.5 Å². The number of carbonyl (C=O) groups is 1. The molecule has 1 fully saturated rings. The number of hydrogen-bond donors (Lipinski definition) is 1. The fourth-order valence-electron chi connectivity index (χ4n) is 2.88. The zero-order valence-electron chi connectivity index (χ0n) is 11.8. The second-order valence-electron chi connectivity index (χ2n) is 5.77. The van der Waals surface area contributed by atoms with E-state index in [9.17, 15) is 4.79 Å². The Morgan fingerprint density at radius 1 is 1.42 bits per heavy atom. The van der Waals surface area contributed by atoms with Crippen molar-refractivity contribution in [2.75, 3.05) is 13.1 Å². The third kappa shape index (κ3) is 3.57. The van der Waals surface area contributed by atoms with Gasteiger partial charge in [0.15, 0.2) is 0 Å². The summed E-state index contributed by atoms with van der Waals surface area (Å²) >= 11 is 0. The molecule has 104 valence electrons. The predicted molar refractivity (Wildman–Crippen MR) is 76.2 cm³/mol. The van der Waals surface area contributed by atoms with Crippen molar-refractivity contribution in [3.8, 4) is 0 Å². The lowest BCUT2D eigenvalue weighted by molar-refractivity contribution is -0.143. The zero-order valence-corrected chi connectivity index (χ0v) is 11.8. The van der Waals surface area contributed by atoms with E-state index < -0.39 is 5.97 Å². The lowest BCUT2D eigenvalue weighted by atomic mass is 9.94. The number of nitrogens with zero attached hydrogens (tertiary/aromatic N) is 1. The minimum absolute atomic E-state index is 0.194. The summed E-state index contributed by atoms with van der Waals surface area (Å²) in [5.41, 5.74) is 2.71. The molecule has 19 heavy (non-hydrogen) atoms. The first kappa shape index (κ1) is 14.1. The summed E-state index contributed by atoms with van der Waals surface area (Å²) in [6.45, 7) is 6.97. The molecule has 1 heterocycles. The number of likely N-dealkylation sites (tertiary alicyclic amines) is 1. The fourth-order valence-corrected chi connectivity index (χ4v) is 2.88. The van der Waals surface area contributed by atoms with Crippen molar-refractivity contribution in [3.05, 3.63) is 35.4 Å². The quantitative estimate of drug-likeness (QED) is 0.905. The number of piperidine rings is 1. The van der Waals surface area contributed by atoms with Gasteiger partial charge in [-0.2, -0.15) is 0 Å². The molecular weight excluding hydrogens is 238 g/mol. The molecule has 1 aliphatic heterocycles. The van der Waals surface area contributed by atoms with Crippen LogP contribution < -0.4 is 0 Å². The molecule has 3 nitrogen and oxygen atoms in total. The molecule has 1 aromatic rings. The Kier molecular flexibility index (Phi) is 4.59. The van der Waals surface area contributed by atoms with Gasteiger partial charge < -0.3 is 5.11 Å². The highest BCUT2D eigenvalue weighted by molar-refractivity contribution is 5.70. The summed E-state index contributed by atoms with van der Waals surface area (Å²) in [6.07, 6.45) is 1.80. The van der Waals surface area contributed by atoms with Crippen LogP contribution in [0, 0.1) is 5.92 Å². The van der Waals surface area contributed by atoms with E-state index in [2.05, 4.69) is 43.0 Å². The van der Waals surface area contributed by atoms with Crippen molar-refractivity contribution in [2.45, 2.75) is 39.2 Å². The van der Waals surface area contributed by atoms with Crippen molar-refractivity contribution in [2.24, 2.45) is 5.92 Å². The maximum absolute atomic E-state index is 11.1. The van der Waals surface area contributed by atoms with Gasteiger partial charge in [-0.3, -0.25) is 9.69 Å². The van der Waals surface area contributed by atoms with Gasteiger partial charge in [0, 0.05) is 13.1 Å². The van der Waals surface area contributed by atoms with Crippen molar-refractivity contribution < 1.29 is 9.90 Å². The lowest BCUT2D eigenvalue weighted by Crippen LogP contribution is -2.38. The third-order valence-corrected chi connectivity index (χ3v) is 3.93. The van der Waals surface area contributed by atoms with E-state index in [4.69, 9.17) is 5.11 Å². The molecule has 0 amide bonds. The largest absolute Gasteiger partial charge is 0.481 e. The van der Waals surface area contributed by atoms with E-state index in [1.807, 2.05) is 0 Å². The molecule has 1 atom stereocenters. The third-order valence-electron chi connectivity index (χ3n) is 3.93. The Balaban J connectivity index is 2.06. The minimum Gasteiger partial charge on any atom is -0.481 e. The predicted octanol–water partition coefficient (Wildman–Crippen LogP) is 3.11. The number of carboxylic acid groups (broad SMARTS) is 1. The van der Waals surface area contributed by atoms with Crippen LogP contribution in [-0.2, 0) is 11.3 Å². The highest BCUT2D eigenvalue weighted by Crippen LogP contribution is 2.23. The van der Waals surface area contributed by atoms with Crippen LogP contribution in [0.4, 0.5) is 0 Å². The number of aliphatic carboxylic acids is 1. The van der Waals surface area contributed by atoms with Gasteiger partial charge in [0.25, 0.3) is 0 Å². The Morgan fingerprint density at radius 3 is 2.84 bits per heavy atom. The molecule has 0 saturated carbocycles. The van der Waals surface area contributed by atoms with Crippen molar-refractivity contribution in [1.82, 2.24) is 4.90 Å². The van der Waals surface area contributed by atoms with Gasteiger partial charge in [-0.25, -0.2) is 0 Å². The van der Waals surface area contributed by atoms with Crippen LogP contribution >= 0.6 is 0 Å². The topological polar surface area (TPSA) is 40.5 Å². The molecule has 1 aromatic carbocycles. The maximum atomic E-state index is 11.1. The smallest absolute Gasteiger partial charge is 0.307 e. The molecule has 0 bridgehead atoms. The second-order valence-corrected chi connectivity index (χ2v) is 5.77. The average molecular weight is 261 g/mol. The van der Waals surface area contributed by atoms with E-state index in [0.717, 1.165) is 25.9 Å². The fraction of sp³-hybridized carbons (Fsp3) is 0.562. The van der Waals surface area contributed by atoms with Gasteiger partial charge in [0.05, 0.1) is 5.92 Å². The Morgan fingerprint density at radius 2 is 2.16 bits per heavy atom. The molecule has 1 unspecified atom stereocenters. The molecule has 1 N–H and O–H groups in total. The monoisotopic (exact) mass is 261 g/mol. The summed E-state index contributed by atoms with van der Waals surface area (Å²) in [4.78, 5) is 13.4. The van der Waals surface area contributed by atoms with Gasteiger partial charge >= 0.3 is 5.97 Å². The number of carboxylic acids is 1. The first-order valence-electron chi connectivity index (χ1n) is 7.11. The normalized spacial score (nSPS) is 20.7. The molecule has 0 radical (unpaired) electrons. The number of benzene rings is 1. The van der Waals surface area contributed by atoms with Crippen LogP contribution in [0.1, 0.15) is 43.7 Å². The SMILES string of the molecule is CC(C)c1ccccc1CN1CCCC(C(=O)O)C1. The Hall–Kier alpha value is -1.35. The molecule has 0 spiro atoms. The maximum Gasteiger partial charge on any atom is 0.307 e. The molecule has 1 saturated heterocycles. The van der Waals surface area contributed by atoms with Crippen molar-refractivity contribution in [1.29, 1.82) is 0 Å². The van der Waals surface area contributed by atoms with Gasteiger partial charge in [0.2, 0.25) is 0 Å². The standard InChI is InChI=1S/C16H23NO2/c1-12(2)15-8-4-3-6-13(15)10-17-9-5-7-14(11-17)16(18)19/h3-4,6,8,12,14H,5,7,9-11H2,1-2H3,(H,18,19). The van der Waals surface area contributed by atoms with E-state index in [-0.39, 0.29) is 5.92 Å². The highest BCUT2D eigenvalue weighted by atomic mass is 16.4. The van der Waals surface area contributed by atoms with Crippen LogP contribution in [0.15, 0.2) is 24.3 Å². The number of hydrogen-bond acceptors (Lipinski definition) is 2. The summed E-state index contributed by atoms with van der Waals surface area (Å²) in [5, 5.41) is 9.14. The zero-order chi connectivity index (χ0) is 13.8. The molecule has 0 aromatic heterocycles. The van der Waals surface area contributed by atoms with Crippen LogP contribution in [-0.4, -0.2) is 29.1 Å². The summed E-state index contributed by atoms with van der Waals surface area (Å²) in [7, 11) is 0. The van der Waals surface area contributed by atoms with Crippen molar-refractivity contribution >= 4 is 5.97 Å². The average Bonchev–Trinajstić information content (AvgIpc) is 2.39. The first-order valence-corrected chi connectivity index (χ1v) is 7.11. The Labute approximate surface area is 115 Å². The number of rotatable bonds is 4. The van der Waals surface area contributed by atoms with Gasteiger partial charge in [-0.05, 0) is 36.4 Å².